The molecule has 0 saturated carbocycles. The molecule has 0 atom stereocenters. The summed E-state index contributed by atoms with van der Waals surface area (Å²) in [5.41, 5.74) is 0. The Kier molecular flexibility index (Phi) is 2.67. The summed E-state index contributed by atoms with van der Waals surface area (Å²) in [5.74, 6) is -1.54. The summed E-state index contributed by atoms with van der Waals surface area (Å²) in [6, 6.07) is 0. The van der Waals surface area contributed by atoms with Gasteiger partial charge in [0.1, 0.15) is 5.75 Å². The summed E-state index contributed by atoms with van der Waals surface area (Å²) < 4.78 is 42.7. The minimum absolute atomic E-state index is 1.54. The summed E-state index contributed by atoms with van der Waals surface area (Å²) in [6.07, 6.45) is 0. The predicted octanol–water partition coefficient (Wildman–Crippen LogP) is 1.39. The van der Waals surface area contributed by atoms with Crippen LogP contribution in [0, 0.1) is 0 Å². The van der Waals surface area contributed by atoms with Crippen LogP contribution in [0.5, 0.6) is 0 Å². The molecule has 0 aromatic carbocycles. The maximum Gasteiger partial charge on any atom is 0.336 e. The van der Waals surface area contributed by atoms with Crippen LogP contribution >= 0.6 is 22.3 Å². The molecule has 56 valence electrons. The molecule has 2 nitrogen and oxygen atoms in total. The van der Waals surface area contributed by atoms with Crippen molar-refractivity contribution in [3.63, 3.8) is 0 Å². The summed E-state index contributed by atoms with van der Waals surface area (Å²) >= 11 is 4.22. The van der Waals surface area contributed by atoms with Crippen molar-refractivity contribution in [2.75, 3.05) is 5.75 Å². The lowest BCUT2D eigenvalue weighted by molar-refractivity contribution is 0.123. The maximum atomic E-state index is 11.5. The number of hydrogen-bond donors (Lipinski definition) is 0. The summed E-state index contributed by atoms with van der Waals surface area (Å²) in [5, 5.41) is -3.76. The van der Waals surface area contributed by atoms with E-state index in [0.717, 1.165) is 0 Å². The van der Waals surface area contributed by atoms with Gasteiger partial charge in [0.15, 0.2) is 0 Å². The molecule has 0 fully saturated rings. The van der Waals surface area contributed by atoms with Gasteiger partial charge in [0.05, 0.1) is 0 Å². The molecule has 7 heteroatoms. The van der Waals surface area contributed by atoms with Gasteiger partial charge in [-0.05, 0) is 11.6 Å². The van der Waals surface area contributed by atoms with Crippen LogP contribution in [-0.2, 0) is 9.05 Å². The number of alkyl halides is 3. The van der Waals surface area contributed by atoms with Crippen molar-refractivity contribution in [2.45, 2.75) is 5.38 Å². The van der Waals surface area contributed by atoms with Crippen molar-refractivity contribution in [2.24, 2.45) is 0 Å². The highest BCUT2D eigenvalue weighted by Crippen LogP contribution is 2.22. The van der Waals surface area contributed by atoms with Gasteiger partial charge in [-0.25, -0.2) is 8.42 Å². The van der Waals surface area contributed by atoms with E-state index in [0.29, 0.717) is 0 Å². The van der Waals surface area contributed by atoms with Crippen molar-refractivity contribution in [3.8, 4) is 0 Å². The standard InChI is InChI=1S/C2H2Cl2F2O2S/c3-2(5,6)1-9(4,7)8/h1H2. The molecule has 0 aromatic heterocycles. The minimum atomic E-state index is -4.19. The van der Waals surface area contributed by atoms with Crippen LogP contribution in [0.2, 0.25) is 0 Å². The second-order valence-corrected chi connectivity index (χ2v) is 4.63. The number of halogens is 4. The van der Waals surface area contributed by atoms with E-state index >= 15 is 0 Å². The lowest BCUT2D eigenvalue weighted by Crippen LogP contribution is -2.17. The van der Waals surface area contributed by atoms with Crippen LogP contribution in [0.3, 0.4) is 0 Å². The van der Waals surface area contributed by atoms with Crippen LogP contribution in [0.1, 0.15) is 0 Å². The zero-order chi connectivity index (χ0) is 7.71. The van der Waals surface area contributed by atoms with Crippen molar-refractivity contribution >= 4 is 31.3 Å². The van der Waals surface area contributed by atoms with Crippen LogP contribution in [0.25, 0.3) is 0 Å². The fourth-order valence-electron chi connectivity index (χ4n) is 0.195. The van der Waals surface area contributed by atoms with Crippen LogP contribution in [-0.4, -0.2) is 19.6 Å². The molecule has 0 heterocycles. The zero-order valence-corrected chi connectivity index (χ0v) is 6.27. The van der Waals surface area contributed by atoms with Crippen LogP contribution < -0.4 is 0 Å². The van der Waals surface area contributed by atoms with Crippen molar-refractivity contribution < 1.29 is 17.2 Å². The predicted molar refractivity (Wildman–Crippen MR) is 30.4 cm³/mol. The van der Waals surface area contributed by atoms with Gasteiger partial charge in [-0.3, -0.25) is 0 Å². The van der Waals surface area contributed by atoms with Crippen LogP contribution in [0.15, 0.2) is 0 Å². The number of rotatable bonds is 2. The van der Waals surface area contributed by atoms with Crippen LogP contribution in [0.4, 0.5) is 8.78 Å². The zero-order valence-electron chi connectivity index (χ0n) is 3.94. The molecular weight excluding hydrogens is 197 g/mol. The molecule has 9 heavy (non-hydrogen) atoms. The number of hydrogen-bond acceptors (Lipinski definition) is 2. The van der Waals surface area contributed by atoms with Gasteiger partial charge < -0.3 is 0 Å². The highest BCUT2D eigenvalue weighted by atomic mass is 35.7. The molecule has 0 spiro atoms. The van der Waals surface area contributed by atoms with E-state index in [9.17, 15) is 17.2 Å². The first kappa shape index (κ1) is 9.39. The second kappa shape index (κ2) is 2.56. The molecule has 0 aliphatic rings. The highest BCUT2D eigenvalue weighted by Gasteiger charge is 2.31. The molecule has 0 N–H and O–H groups in total. The highest BCUT2D eigenvalue weighted by molar-refractivity contribution is 8.13. The summed E-state index contributed by atoms with van der Waals surface area (Å²) in [6.45, 7) is 0. The molecule has 0 unspecified atom stereocenters. The largest absolute Gasteiger partial charge is 0.336 e. The van der Waals surface area contributed by atoms with E-state index in [1.165, 1.54) is 0 Å². The lowest BCUT2D eigenvalue weighted by Gasteiger charge is -2.01. The van der Waals surface area contributed by atoms with E-state index < -0.39 is 20.2 Å². The Hall–Kier alpha value is 0.390. The first-order valence-electron chi connectivity index (χ1n) is 1.70. The van der Waals surface area contributed by atoms with Crippen molar-refractivity contribution in [1.82, 2.24) is 0 Å². The van der Waals surface area contributed by atoms with Crippen molar-refractivity contribution in [1.29, 1.82) is 0 Å². The Balaban J connectivity index is 4.07. The van der Waals surface area contributed by atoms with E-state index in [1.807, 2.05) is 0 Å². The Bertz CT molecular complexity index is 181. The lowest BCUT2D eigenvalue weighted by atomic mass is 10.8. The monoisotopic (exact) mass is 198 g/mol. The second-order valence-electron chi connectivity index (χ2n) is 1.30. The molecular formula is C2H2Cl2F2O2S. The van der Waals surface area contributed by atoms with E-state index in [1.54, 1.807) is 0 Å². The molecule has 0 amide bonds. The van der Waals surface area contributed by atoms with Gasteiger partial charge in [-0.15, -0.1) is 0 Å². The van der Waals surface area contributed by atoms with E-state index in [-0.39, 0.29) is 0 Å². The smallest absolute Gasteiger partial charge is 0.212 e. The summed E-state index contributed by atoms with van der Waals surface area (Å²) in [4.78, 5) is 0. The third-order valence-electron chi connectivity index (χ3n) is 0.336. The first-order valence-corrected chi connectivity index (χ1v) is 4.55. The van der Waals surface area contributed by atoms with Gasteiger partial charge in [0, 0.05) is 10.7 Å². The quantitative estimate of drug-likeness (QED) is 0.497. The molecule has 0 saturated heterocycles. The molecule has 0 aromatic rings. The molecule has 0 radical (unpaired) electrons. The molecule has 0 bridgehead atoms. The first-order chi connectivity index (χ1) is 3.71. The van der Waals surface area contributed by atoms with Gasteiger partial charge >= 0.3 is 5.38 Å². The normalized spacial score (nSPS) is 13.8. The fourth-order valence-corrected chi connectivity index (χ4v) is 1.60. The van der Waals surface area contributed by atoms with E-state index in [2.05, 4.69) is 22.3 Å². The Morgan fingerprint density at radius 2 is 1.78 bits per heavy atom. The topological polar surface area (TPSA) is 34.1 Å². The third-order valence-corrected chi connectivity index (χ3v) is 1.66. The van der Waals surface area contributed by atoms with Gasteiger partial charge in [0.25, 0.3) is 0 Å². The third kappa shape index (κ3) is 8.39. The van der Waals surface area contributed by atoms with Gasteiger partial charge in [-0.2, -0.15) is 8.78 Å². The average Bonchev–Trinajstić information content (AvgIpc) is 1.14. The summed E-state index contributed by atoms with van der Waals surface area (Å²) in [7, 11) is 0.234. The van der Waals surface area contributed by atoms with Gasteiger partial charge in [0.2, 0.25) is 9.05 Å². The fraction of sp³-hybridized carbons (Fsp3) is 1.00. The minimum Gasteiger partial charge on any atom is -0.212 e. The molecule has 0 aliphatic heterocycles. The van der Waals surface area contributed by atoms with Gasteiger partial charge in [-0.1, -0.05) is 0 Å². The van der Waals surface area contributed by atoms with E-state index in [4.69, 9.17) is 0 Å². The average molecular weight is 199 g/mol. The maximum absolute atomic E-state index is 11.5. The molecule has 0 rings (SSSR count). The Morgan fingerprint density at radius 1 is 1.44 bits per heavy atom. The molecule has 0 aliphatic carbocycles. The Labute approximate surface area is 60.2 Å². The SMILES string of the molecule is O=S(=O)(Cl)CC(F)(F)Cl. The van der Waals surface area contributed by atoms with Crippen molar-refractivity contribution in [3.05, 3.63) is 0 Å². The Morgan fingerprint density at radius 3 is 1.78 bits per heavy atom.